The highest BCUT2D eigenvalue weighted by molar-refractivity contribution is 5.92. The van der Waals surface area contributed by atoms with E-state index in [2.05, 4.69) is 16.6 Å². The first-order chi connectivity index (χ1) is 9.74. The molecule has 21 heavy (non-hydrogen) atoms. The third-order valence-corrected chi connectivity index (χ3v) is 2.37. The number of carbonyl (C=O) groups excluding carboxylic acids is 1. The van der Waals surface area contributed by atoms with Gasteiger partial charge in [-0.25, -0.2) is 9.59 Å². The Balaban J connectivity index is 2.75. The smallest absolute Gasteiger partial charge is 0.416 e. The van der Waals surface area contributed by atoms with E-state index in [4.69, 9.17) is 11.5 Å². The SMILES string of the molecule is C#CCC(NC(=O)Nc1cccc(C(F)(F)F)c1)C(=O)O. The quantitative estimate of drug-likeness (QED) is 0.747. The van der Waals surface area contributed by atoms with Crippen LogP contribution < -0.4 is 10.6 Å². The van der Waals surface area contributed by atoms with Crippen molar-refractivity contribution >= 4 is 17.7 Å². The third-order valence-electron chi connectivity index (χ3n) is 2.37. The first-order valence-corrected chi connectivity index (χ1v) is 5.65. The van der Waals surface area contributed by atoms with Crippen LogP contribution >= 0.6 is 0 Å². The van der Waals surface area contributed by atoms with Gasteiger partial charge in [0.15, 0.2) is 0 Å². The average Bonchev–Trinajstić information content (AvgIpc) is 2.37. The lowest BCUT2D eigenvalue weighted by Gasteiger charge is -2.14. The van der Waals surface area contributed by atoms with E-state index >= 15 is 0 Å². The number of aliphatic carboxylic acids is 1. The summed E-state index contributed by atoms with van der Waals surface area (Å²) in [6.45, 7) is 0. The van der Waals surface area contributed by atoms with Gasteiger partial charge in [-0.1, -0.05) is 6.07 Å². The molecule has 1 aromatic carbocycles. The summed E-state index contributed by atoms with van der Waals surface area (Å²) in [5.74, 6) is 0.735. The number of hydrogen-bond acceptors (Lipinski definition) is 2. The van der Waals surface area contributed by atoms with Gasteiger partial charge in [-0.05, 0) is 18.2 Å². The van der Waals surface area contributed by atoms with Crippen LogP contribution in [0.25, 0.3) is 0 Å². The molecular weight excluding hydrogens is 289 g/mol. The molecule has 0 aromatic heterocycles. The van der Waals surface area contributed by atoms with Crippen molar-refractivity contribution in [1.82, 2.24) is 5.32 Å². The molecule has 0 spiro atoms. The summed E-state index contributed by atoms with van der Waals surface area (Å²) in [5.41, 5.74) is -1.05. The van der Waals surface area contributed by atoms with Crippen LogP contribution in [0.2, 0.25) is 0 Å². The van der Waals surface area contributed by atoms with Gasteiger partial charge in [-0.2, -0.15) is 13.2 Å². The van der Waals surface area contributed by atoms with Crippen molar-refractivity contribution in [3.8, 4) is 12.3 Å². The van der Waals surface area contributed by atoms with Crippen LogP contribution in [0.4, 0.5) is 23.7 Å². The Kier molecular flexibility index (Phi) is 5.18. The van der Waals surface area contributed by atoms with E-state index in [1.165, 1.54) is 6.07 Å². The molecule has 1 atom stereocenters. The Hall–Kier alpha value is -2.69. The minimum Gasteiger partial charge on any atom is -0.480 e. The van der Waals surface area contributed by atoms with E-state index in [0.29, 0.717) is 0 Å². The van der Waals surface area contributed by atoms with E-state index in [0.717, 1.165) is 18.2 Å². The molecule has 0 fully saturated rings. The Morgan fingerprint density at radius 2 is 2.05 bits per heavy atom. The van der Waals surface area contributed by atoms with Crippen molar-refractivity contribution in [3.05, 3.63) is 29.8 Å². The molecule has 1 rings (SSSR count). The zero-order chi connectivity index (χ0) is 16.0. The molecule has 5 nitrogen and oxygen atoms in total. The molecule has 0 heterocycles. The summed E-state index contributed by atoms with van der Waals surface area (Å²) >= 11 is 0. The highest BCUT2D eigenvalue weighted by Gasteiger charge is 2.30. The highest BCUT2D eigenvalue weighted by Crippen LogP contribution is 2.30. The Morgan fingerprint density at radius 3 is 2.57 bits per heavy atom. The summed E-state index contributed by atoms with van der Waals surface area (Å²) in [4.78, 5) is 22.3. The fraction of sp³-hybridized carbons (Fsp3) is 0.231. The van der Waals surface area contributed by atoms with Gasteiger partial charge in [-0.3, -0.25) is 0 Å². The second kappa shape index (κ2) is 6.65. The number of amides is 2. The number of alkyl halides is 3. The van der Waals surface area contributed by atoms with Gasteiger partial charge < -0.3 is 15.7 Å². The predicted octanol–water partition coefficient (Wildman–Crippen LogP) is 2.30. The fourth-order valence-electron chi connectivity index (χ4n) is 1.42. The van der Waals surface area contributed by atoms with Gasteiger partial charge in [0.05, 0.1) is 5.56 Å². The van der Waals surface area contributed by atoms with Crippen molar-refractivity contribution in [1.29, 1.82) is 0 Å². The number of terminal acetylenes is 1. The third kappa shape index (κ3) is 5.06. The second-order valence-corrected chi connectivity index (χ2v) is 3.98. The molecule has 0 aliphatic heterocycles. The molecule has 8 heteroatoms. The van der Waals surface area contributed by atoms with E-state index in [1.54, 1.807) is 0 Å². The summed E-state index contributed by atoms with van der Waals surface area (Å²) in [7, 11) is 0. The van der Waals surface area contributed by atoms with Gasteiger partial charge in [-0.15, -0.1) is 12.3 Å². The summed E-state index contributed by atoms with van der Waals surface area (Å²) < 4.78 is 37.5. The van der Waals surface area contributed by atoms with Gasteiger partial charge in [0.1, 0.15) is 6.04 Å². The first kappa shape index (κ1) is 16.4. The largest absolute Gasteiger partial charge is 0.480 e. The fourth-order valence-corrected chi connectivity index (χ4v) is 1.42. The van der Waals surface area contributed by atoms with E-state index in [-0.39, 0.29) is 12.1 Å². The predicted molar refractivity (Wildman–Crippen MR) is 68.5 cm³/mol. The summed E-state index contributed by atoms with van der Waals surface area (Å²) in [5, 5.41) is 13.0. The molecule has 0 aliphatic rings. The van der Waals surface area contributed by atoms with Crippen molar-refractivity contribution in [2.75, 3.05) is 5.32 Å². The summed E-state index contributed by atoms with van der Waals surface area (Å²) in [6, 6.07) is 1.66. The molecule has 1 aromatic rings. The monoisotopic (exact) mass is 300 g/mol. The molecular formula is C13H11F3N2O3. The van der Waals surface area contributed by atoms with E-state index in [1.807, 2.05) is 0 Å². The van der Waals surface area contributed by atoms with Gasteiger partial charge in [0.25, 0.3) is 0 Å². The molecule has 0 saturated carbocycles. The number of benzene rings is 1. The number of rotatable bonds is 4. The number of carboxylic acid groups (broad SMARTS) is 1. The van der Waals surface area contributed by atoms with Gasteiger partial charge in [0, 0.05) is 12.1 Å². The van der Waals surface area contributed by atoms with Crippen LogP contribution in [-0.4, -0.2) is 23.1 Å². The Morgan fingerprint density at radius 1 is 1.38 bits per heavy atom. The van der Waals surface area contributed by atoms with Crippen LogP contribution in [0.3, 0.4) is 0 Å². The summed E-state index contributed by atoms with van der Waals surface area (Å²) in [6.07, 6.45) is 0.168. The maximum Gasteiger partial charge on any atom is 0.416 e. The first-order valence-electron chi connectivity index (χ1n) is 5.65. The molecule has 1 unspecified atom stereocenters. The molecule has 3 N–H and O–H groups in total. The number of urea groups is 1. The maximum absolute atomic E-state index is 12.5. The van der Waals surface area contributed by atoms with Crippen LogP contribution in [-0.2, 0) is 11.0 Å². The Bertz CT molecular complexity index is 579. The number of halogens is 3. The van der Waals surface area contributed by atoms with Crippen LogP contribution in [0.15, 0.2) is 24.3 Å². The van der Waals surface area contributed by atoms with Gasteiger partial charge >= 0.3 is 18.2 Å². The minimum atomic E-state index is -4.54. The zero-order valence-corrected chi connectivity index (χ0v) is 10.6. The molecule has 2 amide bonds. The van der Waals surface area contributed by atoms with E-state index in [9.17, 15) is 22.8 Å². The Labute approximate surface area is 118 Å². The topological polar surface area (TPSA) is 78.4 Å². The lowest BCUT2D eigenvalue weighted by Crippen LogP contribution is -2.42. The van der Waals surface area contributed by atoms with Crippen molar-refractivity contribution in [2.24, 2.45) is 0 Å². The van der Waals surface area contributed by atoms with Crippen LogP contribution in [0.5, 0.6) is 0 Å². The van der Waals surface area contributed by atoms with Crippen molar-refractivity contribution < 1.29 is 27.9 Å². The van der Waals surface area contributed by atoms with Crippen LogP contribution in [0.1, 0.15) is 12.0 Å². The number of hydrogen-bond donors (Lipinski definition) is 3. The zero-order valence-electron chi connectivity index (χ0n) is 10.6. The molecule has 0 bridgehead atoms. The molecule has 0 aliphatic carbocycles. The van der Waals surface area contributed by atoms with Crippen molar-refractivity contribution in [2.45, 2.75) is 18.6 Å². The highest BCUT2D eigenvalue weighted by atomic mass is 19.4. The average molecular weight is 300 g/mol. The number of carboxylic acids is 1. The van der Waals surface area contributed by atoms with E-state index < -0.39 is 29.8 Å². The standard InChI is InChI=1S/C13H11F3N2O3/c1-2-4-10(11(19)20)18-12(21)17-9-6-3-5-8(7-9)13(14,15)16/h1,3,5-7,10H,4H2,(H,19,20)(H2,17,18,21). The van der Waals surface area contributed by atoms with Crippen molar-refractivity contribution in [3.63, 3.8) is 0 Å². The number of nitrogens with one attached hydrogen (secondary N) is 2. The normalized spacial score (nSPS) is 12.1. The van der Waals surface area contributed by atoms with Gasteiger partial charge in [0.2, 0.25) is 0 Å². The molecule has 112 valence electrons. The second-order valence-electron chi connectivity index (χ2n) is 3.98. The lowest BCUT2D eigenvalue weighted by molar-refractivity contribution is -0.139. The number of anilines is 1. The minimum absolute atomic E-state index is 0.118. The number of carbonyl (C=O) groups is 2. The molecule has 0 saturated heterocycles. The molecule has 0 radical (unpaired) electrons. The van der Waals surface area contributed by atoms with Crippen LogP contribution in [0, 0.1) is 12.3 Å². The maximum atomic E-state index is 12.5. The lowest BCUT2D eigenvalue weighted by atomic mass is 10.2.